The number of aromatic nitrogens is 2. The number of hydrogen-bond donors (Lipinski definition) is 2. The van der Waals surface area contributed by atoms with E-state index < -0.39 is 5.60 Å². The average Bonchev–Trinajstić information content (AvgIpc) is 2.73. The smallest absolute Gasteiger partial charge is 0.137 e. The van der Waals surface area contributed by atoms with E-state index in [1.165, 1.54) is 0 Å². The van der Waals surface area contributed by atoms with Gasteiger partial charge in [0.1, 0.15) is 5.65 Å². The fourth-order valence-corrected chi connectivity index (χ4v) is 2.24. The zero-order chi connectivity index (χ0) is 14.6. The molecule has 2 aromatic heterocycles. The van der Waals surface area contributed by atoms with Gasteiger partial charge in [0.25, 0.3) is 0 Å². The van der Waals surface area contributed by atoms with Crippen LogP contribution in [0.15, 0.2) is 24.4 Å². The summed E-state index contributed by atoms with van der Waals surface area (Å²) in [5, 5.41) is 13.5. The quantitative estimate of drug-likeness (QED) is 0.805. The Morgan fingerprint density at radius 2 is 2.25 bits per heavy atom. The first-order valence-corrected chi connectivity index (χ1v) is 6.88. The second-order valence-electron chi connectivity index (χ2n) is 5.42. The summed E-state index contributed by atoms with van der Waals surface area (Å²) in [7, 11) is 1.64. The Morgan fingerprint density at radius 3 is 3.00 bits per heavy atom. The molecule has 5 nitrogen and oxygen atoms in total. The molecular formula is C15H23N3O2. The van der Waals surface area contributed by atoms with E-state index in [1.54, 1.807) is 7.11 Å². The summed E-state index contributed by atoms with van der Waals surface area (Å²) < 4.78 is 7.08. The molecule has 1 atom stereocenters. The number of pyridine rings is 1. The van der Waals surface area contributed by atoms with Crippen LogP contribution in [0, 0.1) is 6.92 Å². The second kappa shape index (κ2) is 6.35. The third-order valence-electron chi connectivity index (χ3n) is 3.47. The van der Waals surface area contributed by atoms with Crippen molar-refractivity contribution in [1.82, 2.24) is 14.7 Å². The highest BCUT2D eigenvalue weighted by molar-refractivity contribution is 5.42. The van der Waals surface area contributed by atoms with Gasteiger partial charge in [-0.15, -0.1) is 0 Å². The molecule has 0 spiro atoms. The first kappa shape index (κ1) is 15.0. The van der Waals surface area contributed by atoms with Crippen LogP contribution >= 0.6 is 0 Å². The van der Waals surface area contributed by atoms with E-state index in [2.05, 4.69) is 14.7 Å². The summed E-state index contributed by atoms with van der Waals surface area (Å²) in [5.74, 6) is 0. The number of rotatable bonds is 7. The topological polar surface area (TPSA) is 58.8 Å². The summed E-state index contributed by atoms with van der Waals surface area (Å²) >= 11 is 0. The van der Waals surface area contributed by atoms with Crippen molar-refractivity contribution in [2.24, 2.45) is 0 Å². The molecule has 110 valence electrons. The number of aryl methyl sites for hydroxylation is 1. The lowest BCUT2D eigenvalue weighted by atomic mass is 10.0. The van der Waals surface area contributed by atoms with Gasteiger partial charge in [0.05, 0.1) is 17.0 Å². The Hall–Kier alpha value is -1.43. The van der Waals surface area contributed by atoms with Crippen molar-refractivity contribution in [2.75, 3.05) is 20.3 Å². The minimum atomic E-state index is -0.760. The molecule has 0 saturated heterocycles. The van der Waals surface area contributed by atoms with Gasteiger partial charge >= 0.3 is 0 Å². The molecule has 0 saturated carbocycles. The van der Waals surface area contributed by atoms with Crippen molar-refractivity contribution in [2.45, 2.75) is 32.4 Å². The first-order valence-electron chi connectivity index (χ1n) is 6.88. The molecule has 0 radical (unpaired) electrons. The Labute approximate surface area is 119 Å². The number of aliphatic hydroxyl groups is 1. The number of ether oxygens (including phenoxy) is 1. The number of methoxy groups -OCH3 is 1. The summed E-state index contributed by atoms with van der Waals surface area (Å²) in [6.07, 6.45) is 2.62. The van der Waals surface area contributed by atoms with Crippen LogP contribution < -0.4 is 5.32 Å². The minimum absolute atomic E-state index is 0.524. The summed E-state index contributed by atoms with van der Waals surface area (Å²) in [6.45, 7) is 5.59. The number of nitrogens with zero attached hydrogens (tertiary/aromatic N) is 2. The third kappa shape index (κ3) is 3.56. The predicted octanol–water partition coefficient (Wildman–Crippen LogP) is 1.52. The van der Waals surface area contributed by atoms with Gasteiger partial charge in [0.15, 0.2) is 0 Å². The molecule has 2 N–H and O–H groups in total. The Bertz CT molecular complexity index is 563. The zero-order valence-electron chi connectivity index (χ0n) is 12.4. The summed E-state index contributed by atoms with van der Waals surface area (Å²) in [6, 6.07) is 5.96. The maximum Gasteiger partial charge on any atom is 0.137 e. The molecule has 5 heteroatoms. The van der Waals surface area contributed by atoms with E-state index in [0.29, 0.717) is 26.1 Å². The van der Waals surface area contributed by atoms with Crippen molar-refractivity contribution in [3.8, 4) is 0 Å². The van der Waals surface area contributed by atoms with Crippen LogP contribution in [0.5, 0.6) is 0 Å². The number of fused-ring (bicyclic) bond motifs is 1. The van der Waals surface area contributed by atoms with Crippen LogP contribution in [0.4, 0.5) is 0 Å². The SMILES string of the molecule is COCCC(C)(O)CNCc1c(C)nc2ccccn12. The molecule has 0 fully saturated rings. The highest BCUT2D eigenvalue weighted by atomic mass is 16.5. The fourth-order valence-electron chi connectivity index (χ4n) is 2.24. The molecular weight excluding hydrogens is 254 g/mol. The Balaban J connectivity index is 1.98. The van der Waals surface area contributed by atoms with Crippen molar-refractivity contribution >= 4 is 5.65 Å². The van der Waals surface area contributed by atoms with E-state index in [-0.39, 0.29) is 0 Å². The van der Waals surface area contributed by atoms with Crippen LogP contribution in [-0.2, 0) is 11.3 Å². The number of imidazole rings is 1. The molecule has 0 aromatic carbocycles. The van der Waals surface area contributed by atoms with E-state index in [1.807, 2.05) is 38.2 Å². The maximum absolute atomic E-state index is 10.2. The van der Waals surface area contributed by atoms with Crippen molar-refractivity contribution < 1.29 is 9.84 Å². The molecule has 2 heterocycles. The van der Waals surface area contributed by atoms with Gasteiger partial charge in [-0.1, -0.05) is 6.07 Å². The highest BCUT2D eigenvalue weighted by Crippen LogP contribution is 2.12. The normalized spacial score (nSPS) is 14.6. The highest BCUT2D eigenvalue weighted by Gasteiger charge is 2.19. The predicted molar refractivity (Wildman–Crippen MR) is 78.8 cm³/mol. The van der Waals surface area contributed by atoms with Crippen LogP contribution in [0.1, 0.15) is 24.7 Å². The molecule has 2 aromatic rings. The molecule has 0 amide bonds. The van der Waals surface area contributed by atoms with E-state index in [9.17, 15) is 5.11 Å². The van der Waals surface area contributed by atoms with Crippen LogP contribution in [0.3, 0.4) is 0 Å². The maximum atomic E-state index is 10.2. The standard InChI is InChI=1S/C15H23N3O2/c1-12-13(18-8-5-4-6-14(18)17-12)10-16-11-15(2,19)7-9-20-3/h4-6,8,16,19H,7,9-11H2,1-3H3. The van der Waals surface area contributed by atoms with Gasteiger partial charge in [-0.3, -0.25) is 0 Å². The minimum Gasteiger partial charge on any atom is -0.389 e. The van der Waals surface area contributed by atoms with E-state index >= 15 is 0 Å². The lowest BCUT2D eigenvalue weighted by Gasteiger charge is -2.23. The summed E-state index contributed by atoms with van der Waals surface area (Å²) in [4.78, 5) is 4.52. The average molecular weight is 277 g/mol. The Kier molecular flexibility index (Phi) is 4.75. The largest absolute Gasteiger partial charge is 0.389 e. The monoisotopic (exact) mass is 277 g/mol. The Morgan fingerprint density at radius 1 is 1.45 bits per heavy atom. The molecule has 0 aliphatic heterocycles. The number of hydrogen-bond acceptors (Lipinski definition) is 4. The molecule has 0 aliphatic carbocycles. The lowest BCUT2D eigenvalue weighted by molar-refractivity contribution is 0.0247. The number of nitrogens with one attached hydrogen (secondary N) is 1. The second-order valence-corrected chi connectivity index (χ2v) is 5.42. The van der Waals surface area contributed by atoms with E-state index in [0.717, 1.165) is 17.0 Å². The third-order valence-corrected chi connectivity index (χ3v) is 3.47. The molecule has 2 rings (SSSR count). The fraction of sp³-hybridized carbons (Fsp3) is 0.533. The van der Waals surface area contributed by atoms with Gasteiger partial charge in [0.2, 0.25) is 0 Å². The van der Waals surface area contributed by atoms with Gasteiger partial charge in [0, 0.05) is 39.4 Å². The zero-order valence-corrected chi connectivity index (χ0v) is 12.4. The lowest BCUT2D eigenvalue weighted by Crippen LogP contribution is -2.38. The molecule has 20 heavy (non-hydrogen) atoms. The molecule has 1 unspecified atom stereocenters. The van der Waals surface area contributed by atoms with Crippen molar-refractivity contribution in [3.63, 3.8) is 0 Å². The van der Waals surface area contributed by atoms with Crippen LogP contribution in [0.2, 0.25) is 0 Å². The molecule has 0 aliphatic rings. The van der Waals surface area contributed by atoms with Gasteiger partial charge < -0.3 is 19.6 Å². The van der Waals surface area contributed by atoms with Crippen LogP contribution in [0.25, 0.3) is 5.65 Å². The first-order chi connectivity index (χ1) is 9.53. The molecule has 0 bridgehead atoms. The summed E-state index contributed by atoms with van der Waals surface area (Å²) in [5.41, 5.74) is 2.33. The van der Waals surface area contributed by atoms with Crippen LogP contribution in [-0.4, -0.2) is 40.4 Å². The van der Waals surface area contributed by atoms with Gasteiger partial charge in [-0.2, -0.15) is 0 Å². The van der Waals surface area contributed by atoms with E-state index in [4.69, 9.17) is 4.74 Å². The van der Waals surface area contributed by atoms with Crippen molar-refractivity contribution in [1.29, 1.82) is 0 Å². The van der Waals surface area contributed by atoms with Gasteiger partial charge in [-0.05, 0) is 26.0 Å². The van der Waals surface area contributed by atoms with Gasteiger partial charge in [-0.25, -0.2) is 4.98 Å². The van der Waals surface area contributed by atoms with Crippen molar-refractivity contribution in [3.05, 3.63) is 35.8 Å².